The molecule has 0 aliphatic carbocycles. The Labute approximate surface area is 174 Å². The second kappa shape index (κ2) is 8.29. The average Bonchev–Trinajstić information content (AvgIpc) is 3.04. The molecule has 1 aromatic heterocycles. The van der Waals surface area contributed by atoms with E-state index >= 15 is 0 Å². The van der Waals surface area contributed by atoms with Crippen LogP contribution in [-0.2, 0) is 9.47 Å². The van der Waals surface area contributed by atoms with Gasteiger partial charge in [0.2, 0.25) is 5.88 Å². The van der Waals surface area contributed by atoms with Gasteiger partial charge in [-0.1, -0.05) is 18.5 Å². The third-order valence-corrected chi connectivity index (χ3v) is 5.02. The molecule has 1 aromatic carbocycles. The van der Waals surface area contributed by atoms with Gasteiger partial charge < -0.3 is 14.2 Å². The van der Waals surface area contributed by atoms with E-state index in [1.165, 1.54) is 12.0 Å². The zero-order chi connectivity index (χ0) is 21.3. The molecule has 0 radical (unpaired) electrons. The van der Waals surface area contributed by atoms with E-state index in [0.717, 1.165) is 11.1 Å². The number of rotatable bonds is 5. The number of ether oxygens (including phenoxy) is 3. The number of esters is 1. The van der Waals surface area contributed by atoms with Crippen molar-refractivity contribution in [1.82, 2.24) is 4.98 Å². The lowest BCUT2D eigenvalue weighted by Crippen LogP contribution is -2.34. The highest BCUT2D eigenvalue weighted by Gasteiger charge is 2.37. The summed E-state index contributed by atoms with van der Waals surface area (Å²) in [6.45, 7) is 7.68. The van der Waals surface area contributed by atoms with Crippen molar-refractivity contribution in [3.8, 4) is 11.6 Å². The van der Waals surface area contributed by atoms with Crippen LogP contribution in [0.5, 0.6) is 11.6 Å². The summed E-state index contributed by atoms with van der Waals surface area (Å²) in [7, 11) is 1.27. The fraction of sp³-hybridized carbons (Fsp3) is 0.381. The van der Waals surface area contributed by atoms with Gasteiger partial charge in [0.05, 0.1) is 18.8 Å². The second-order valence-corrected chi connectivity index (χ2v) is 7.37. The van der Waals surface area contributed by atoms with Crippen molar-refractivity contribution >= 4 is 29.4 Å². The molecule has 29 heavy (non-hydrogen) atoms. The Morgan fingerprint density at radius 2 is 1.93 bits per heavy atom. The molecule has 1 saturated heterocycles. The summed E-state index contributed by atoms with van der Waals surface area (Å²) in [5.41, 5.74) is 2.61. The molecule has 2 aromatic rings. The van der Waals surface area contributed by atoms with Crippen molar-refractivity contribution in [1.29, 1.82) is 0 Å². The molecule has 1 aliphatic heterocycles. The normalized spacial score (nSPS) is 16.0. The van der Waals surface area contributed by atoms with Crippen LogP contribution in [0, 0.1) is 20.8 Å². The number of methoxy groups -OCH3 is 1. The van der Waals surface area contributed by atoms with Crippen LogP contribution >= 0.6 is 11.6 Å². The molecular weight excluding hydrogens is 396 g/mol. The van der Waals surface area contributed by atoms with Gasteiger partial charge in [-0.15, -0.1) is 0 Å². The summed E-state index contributed by atoms with van der Waals surface area (Å²) in [5.74, 6) is -0.0455. The standard InChI is InChI=1S/C21H23ClN2O5/c1-6-15-10-28-21(26)24(15)16-9-13(4)23-19(17(16)20(25)27-5)29-18-11(2)7-14(22)8-12(18)3/h7-9,15H,6,10H2,1-5H3. The maximum atomic E-state index is 12.7. The topological polar surface area (TPSA) is 78.0 Å². The fourth-order valence-corrected chi connectivity index (χ4v) is 3.72. The van der Waals surface area contributed by atoms with Crippen LogP contribution in [0.25, 0.3) is 0 Å². The highest BCUT2D eigenvalue weighted by Crippen LogP contribution is 2.38. The molecular formula is C21H23ClN2O5. The first-order valence-corrected chi connectivity index (χ1v) is 9.65. The van der Waals surface area contributed by atoms with Gasteiger partial charge in [-0.2, -0.15) is 0 Å². The van der Waals surface area contributed by atoms with Crippen molar-refractivity contribution in [3.05, 3.63) is 45.6 Å². The minimum absolute atomic E-state index is 0.0647. The maximum Gasteiger partial charge on any atom is 0.414 e. The number of hydrogen-bond donors (Lipinski definition) is 0. The Kier molecular flexibility index (Phi) is 5.98. The first-order valence-electron chi connectivity index (χ1n) is 9.27. The van der Waals surface area contributed by atoms with Crippen LogP contribution in [0.2, 0.25) is 5.02 Å². The number of aromatic nitrogens is 1. The van der Waals surface area contributed by atoms with Crippen LogP contribution in [0.3, 0.4) is 0 Å². The van der Waals surface area contributed by atoms with E-state index in [2.05, 4.69) is 4.98 Å². The molecule has 0 saturated carbocycles. The zero-order valence-electron chi connectivity index (χ0n) is 17.0. The van der Waals surface area contributed by atoms with E-state index in [1.54, 1.807) is 25.1 Å². The molecule has 1 unspecified atom stereocenters. The van der Waals surface area contributed by atoms with E-state index in [0.29, 0.717) is 28.6 Å². The number of anilines is 1. The monoisotopic (exact) mass is 418 g/mol. The summed E-state index contributed by atoms with van der Waals surface area (Å²) in [6, 6.07) is 5.00. The summed E-state index contributed by atoms with van der Waals surface area (Å²) >= 11 is 6.11. The molecule has 8 heteroatoms. The summed E-state index contributed by atoms with van der Waals surface area (Å²) in [6.07, 6.45) is 0.150. The van der Waals surface area contributed by atoms with Gasteiger partial charge in [-0.3, -0.25) is 4.90 Å². The quantitative estimate of drug-likeness (QED) is 0.637. The number of amides is 1. The SMILES string of the molecule is CCC1COC(=O)N1c1cc(C)nc(Oc2c(C)cc(Cl)cc2C)c1C(=O)OC. The number of aryl methyl sites for hydroxylation is 3. The Morgan fingerprint density at radius 1 is 1.28 bits per heavy atom. The Hall–Kier alpha value is -2.80. The number of cyclic esters (lactones) is 1. The second-order valence-electron chi connectivity index (χ2n) is 6.93. The lowest BCUT2D eigenvalue weighted by molar-refractivity contribution is 0.0598. The summed E-state index contributed by atoms with van der Waals surface area (Å²) < 4.78 is 16.3. The van der Waals surface area contributed by atoms with Crippen molar-refractivity contribution in [2.75, 3.05) is 18.6 Å². The number of halogens is 1. The van der Waals surface area contributed by atoms with E-state index in [4.69, 9.17) is 25.8 Å². The van der Waals surface area contributed by atoms with Crippen molar-refractivity contribution < 1.29 is 23.8 Å². The summed E-state index contributed by atoms with van der Waals surface area (Å²) in [4.78, 5) is 31.0. The number of carbonyl (C=O) groups excluding carboxylic acids is 2. The molecule has 0 spiro atoms. The number of benzene rings is 1. The van der Waals surface area contributed by atoms with Gasteiger partial charge in [0, 0.05) is 10.7 Å². The number of nitrogens with zero attached hydrogens (tertiary/aromatic N) is 2. The van der Waals surface area contributed by atoms with E-state index in [-0.39, 0.29) is 24.1 Å². The average molecular weight is 419 g/mol. The van der Waals surface area contributed by atoms with Gasteiger partial charge in [0.1, 0.15) is 17.9 Å². The largest absolute Gasteiger partial charge is 0.465 e. The fourth-order valence-electron chi connectivity index (χ4n) is 3.40. The maximum absolute atomic E-state index is 12.7. The predicted molar refractivity (Wildman–Crippen MR) is 109 cm³/mol. The molecule has 1 amide bonds. The molecule has 154 valence electrons. The van der Waals surface area contributed by atoms with E-state index < -0.39 is 12.1 Å². The van der Waals surface area contributed by atoms with E-state index in [1.807, 2.05) is 20.8 Å². The number of carbonyl (C=O) groups is 2. The van der Waals surface area contributed by atoms with Gasteiger partial charge in [-0.25, -0.2) is 14.6 Å². The van der Waals surface area contributed by atoms with Crippen LogP contribution in [0.1, 0.15) is 40.5 Å². The lowest BCUT2D eigenvalue weighted by atomic mass is 10.1. The molecule has 7 nitrogen and oxygen atoms in total. The molecule has 3 rings (SSSR count). The molecule has 0 bridgehead atoms. The number of hydrogen-bond acceptors (Lipinski definition) is 6. The highest BCUT2D eigenvalue weighted by atomic mass is 35.5. The smallest absolute Gasteiger partial charge is 0.414 e. The van der Waals surface area contributed by atoms with Crippen LogP contribution < -0.4 is 9.64 Å². The minimum Gasteiger partial charge on any atom is -0.465 e. The number of pyridine rings is 1. The van der Waals surface area contributed by atoms with Crippen LogP contribution in [-0.4, -0.2) is 36.8 Å². The van der Waals surface area contributed by atoms with Crippen LogP contribution in [0.15, 0.2) is 18.2 Å². The lowest BCUT2D eigenvalue weighted by Gasteiger charge is -2.24. The first-order chi connectivity index (χ1) is 13.8. The minimum atomic E-state index is -0.652. The molecule has 1 aliphatic rings. The van der Waals surface area contributed by atoms with Crippen LogP contribution in [0.4, 0.5) is 10.5 Å². The van der Waals surface area contributed by atoms with Gasteiger partial charge >= 0.3 is 12.1 Å². The van der Waals surface area contributed by atoms with Gasteiger partial charge in [-0.05, 0) is 56.5 Å². The first kappa shape index (κ1) is 20.9. The molecule has 2 heterocycles. The van der Waals surface area contributed by atoms with Gasteiger partial charge in [0.25, 0.3) is 0 Å². The van der Waals surface area contributed by atoms with Gasteiger partial charge in [0.15, 0.2) is 0 Å². The molecule has 1 fully saturated rings. The Morgan fingerprint density at radius 3 is 2.52 bits per heavy atom. The molecule has 1 atom stereocenters. The Balaban J connectivity index is 2.19. The molecule has 0 N–H and O–H groups in total. The third kappa shape index (κ3) is 4.00. The third-order valence-electron chi connectivity index (χ3n) is 4.80. The summed E-state index contributed by atoms with van der Waals surface area (Å²) in [5, 5.41) is 0.587. The zero-order valence-corrected chi connectivity index (χ0v) is 17.8. The predicted octanol–water partition coefficient (Wildman–Crippen LogP) is 4.97. The van der Waals surface area contributed by atoms with E-state index in [9.17, 15) is 9.59 Å². The highest BCUT2D eigenvalue weighted by molar-refractivity contribution is 6.30. The van der Waals surface area contributed by atoms with Crippen molar-refractivity contribution in [2.45, 2.75) is 40.2 Å². The van der Waals surface area contributed by atoms with Crippen molar-refractivity contribution in [2.24, 2.45) is 0 Å². The Bertz CT molecular complexity index is 953. The van der Waals surface area contributed by atoms with Crippen molar-refractivity contribution in [3.63, 3.8) is 0 Å².